The first-order valence-corrected chi connectivity index (χ1v) is 6.12. The van der Waals surface area contributed by atoms with Crippen LogP contribution in [0.15, 0.2) is 18.2 Å². The molecule has 0 heterocycles. The van der Waals surface area contributed by atoms with E-state index in [2.05, 4.69) is 5.32 Å². The zero-order chi connectivity index (χ0) is 13.5. The average Bonchev–Trinajstić information content (AvgIpc) is 2.29. The molecule has 0 aliphatic heterocycles. The monoisotopic (exact) mass is 269 g/mol. The third-order valence-corrected chi connectivity index (χ3v) is 2.56. The van der Waals surface area contributed by atoms with E-state index in [4.69, 9.17) is 16.3 Å². The number of rotatable bonds is 5. The number of ether oxygens (including phenoxy) is 1. The Hall–Kier alpha value is -1.55. The van der Waals surface area contributed by atoms with Crippen molar-refractivity contribution in [3.8, 4) is 0 Å². The van der Waals surface area contributed by atoms with Gasteiger partial charge in [-0.25, -0.2) is 4.79 Å². The molecule has 5 heteroatoms. The van der Waals surface area contributed by atoms with Gasteiger partial charge in [-0.15, -0.1) is 0 Å². The normalized spacial score (nSPS) is 9.94. The summed E-state index contributed by atoms with van der Waals surface area (Å²) in [5.41, 5.74) is 1.45. The molecule has 18 heavy (non-hydrogen) atoms. The number of anilines is 1. The van der Waals surface area contributed by atoms with Crippen LogP contribution in [-0.2, 0) is 16.0 Å². The van der Waals surface area contributed by atoms with Gasteiger partial charge in [0.15, 0.2) is 0 Å². The number of carbonyl (C=O) groups excluding carboxylic acids is 2. The summed E-state index contributed by atoms with van der Waals surface area (Å²) in [5.74, 6) is 0.0945. The molecule has 0 saturated carbocycles. The molecule has 0 bridgehead atoms. The van der Waals surface area contributed by atoms with Gasteiger partial charge in [0.2, 0.25) is 0 Å². The maximum absolute atomic E-state index is 11.4. The van der Waals surface area contributed by atoms with Gasteiger partial charge in [0.1, 0.15) is 5.78 Å². The zero-order valence-electron chi connectivity index (χ0n) is 10.5. The molecule has 4 nitrogen and oxygen atoms in total. The Morgan fingerprint density at radius 3 is 2.72 bits per heavy atom. The Kier molecular flexibility index (Phi) is 5.65. The van der Waals surface area contributed by atoms with Crippen molar-refractivity contribution in [1.82, 2.24) is 0 Å². The lowest BCUT2D eigenvalue weighted by Crippen LogP contribution is -2.14. The number of halogens is 1. The van der Waals surface area contributed by atoms with Crippen molar-refractivity contribution in [1.29, 1.82) is 0 Å². The van der Waals surface area contributed by atoms with Gasteiger partial charge in [-0.3, -0.25) is 5.32 Å². The van der Waals surface area contributed by atoms with Crippen LogP contribution < -0.4 is 5.32 Å². The lowest BCUT2D eigenvalue weighted by atomic mass is 10.1. The fraction of sp³-hybridized carbons (Fsp3) is 0.385. The number of benzene rings is 1. The minimum atomic E-state index is -0.510. The number of hydrogen-bond acceptors (Lipinski definition) is 3. The van der Waals surface area contributed by atoms with Crippen molar-refractivity contribution in [2.45, 2.75) is 26.7 Å². The molecule has 0 aromatic heterocycles. The van der Waals surface area contributed by atoms with Crippen LogP contribution in [0, 0.1) is 0 Å². The fourth-order valence-corrected chi connectivity index (χ4v) is 1.67. The Morgan fingerprint density at radius 1 is 1.39 bits per heavy atom. The van der Waals surface area contributed by atoms with Crippen molar-refractivity contribution in [2.75, 3.05) is 11.9 Å². The smallest absolute Gasteiger partial charge is 0.411 e. The molecule has 1 aromatic rings. The first-order chi connectivity index (χ1) is 8.52. The second-order valence-corrected chi connectivity index (χ2v) is 4.29. The maximum Gasteiger partial charge on any atom is 0.411 e. The molecular formula is C13H16ClNO3. The highest BCUT2D eigenvalue weighted by Crippen LogP contribution is 2.22. The number of ketones is 1. The van der Waals surface area contributed by atoms with E-state index in [0.717, 1.165) is 5.56 Å². The highest BCUT2D eigenvalue weighted by Gasteiger charge is 2.08. The van der Waals surface area contributed by atoms with E-state index < -0.39 is 6.09 Å². The van der Waals surface area contributed by atoms with E-state index in [1.54, 1.807) is 25.1 Å². The van der Waals surface area contributed by atoms with Crippen molar-refractivity contribution >= 4 is 29.2 Å². The molecule has 1 rings (SSSR count). The van der Waals surface area contributed by atoms with E-state index >= 15 is 0 Å². The summed E-state index contributed by atoms with van der Waals surface area (Å²) in [4.78, 5) is 22.3. The Balaban J connectivity index is 2.82. The van der Waals surface area contributed by atoms with Gasteiger partial charge < -0.3 is 9.53 Å². The zero-order valence-corrected chi connectivity index (χ0v) is 11.2. The highest BCUT2D eigenvalue weighted by atomic mass is 35.5. The minimum Gasteiger partial charge on any atom is -0.450 e. The molecule has 0 fully saturated rings. The highest BCUT2D eigenvalue weighted by molar-refractivity contribution is 6.30. The van der Waals surface area contributed by atoms with Gasteiger partial charge in [-0.05, 0) is 44.0 Å². The molecule has 0 aliphatic carbocycles. The maximum atomic E-state index is 11.4. The summed E-state index contributed by atoms with van der Waals surface area (Å²) in [6.45, 7) is 3.57. The van der Waals surface area contributed by atoms with Crippen LogP contribution in [0.3, 0.4) is 0 Å². The Labute approximate surface area is 111 Å². The third kappa shape index (κ3) is 4.75. The number of amides is 1. The van der Waals surface area contributed by atoms with E-state index in [0.29, 0.717) is 30.2 Å². The molecule has 0 unspecified atom stereocenters. The Morgan fingerprint density at radius 2 is 2.11 bits per heavy atom. The van der Waals surface area contributed by atoms with Crippen molar-refractivity contribution in [3.63, 3.8) is 0 Å². The standard InChI is InChI=1S/C13H16ClNO3/c1-3-18-13(17)15-12-7-6-11(14)8-10(12)5-4-9(2)16/h6-8H,3-5H2,1-2H3,(H,15,17). The van der Waals surface area contributed by atoms with E-state index in [-0.39, 0.29) is 5.78 Å². The SMILES string of the molecule is CCOC(=O)Nc1ccc(Cl)cc1CCC(C)=O. The third-order valence-electron chi connectivity index (χ3n) is 2.33. The van der Waals surface area contributed by atoms with Gasteiger partial charge in [0.25, 0.3) is 0 Å². The van der Waals surface area contributed by atoms with Crippen LogP contribution in [0.25, 0.3) is 0 Å². The van der Waals surface area contributed by atoms with Gasteiger partial charge in [0, 0.05) is 17.1 Å². The molecule has 1 amide bonds. The quantitative estimate of drug-likeness (QED) is 0.891. The number of carbonyl (C=O) groups is 2. The molecule has 0 saturated heterocycles. The lowest BCUT2D eigenvalue weighted by Gasteiger charge is -2.11. The second-order valence-electron chi connectivity index (χ2n) is 3.85. The van der Waals surface area contributed by atoms with Gasteiger partial charge in [0.05, 0.1) is 6.61 Å². The molecule has 1 aromatic carbocycles. The molecule has 0 atom stereocenters. The lowest BCUT2D eigenvalue weighted by molar-refractivity contribution is -0.116. The summed E-state index contributed by atoms with van der Waals surface area (Å²) in [6.07, 6.45) is 0.444. The minimum absolute atomic E-state index is 0.0945. The summed E-state index contributed by atoms with van der Waals surface area (Å²) in [6, 6.07) is 5.13. The van der Waals surface area contributed by atoms with E-state index in [1.165, 1.54) is 6.92 Å². The van der Waals surface area contributed by atoms with E-state index in [1.807, 2.05) is 0 Å². The number of nitrogens with one attached hydrogen (secondary N) is 1. The van der Waals surface area contributed by atoms with Crippen LogP contribution in [0.2, 0.25) is 5.02 Å². The summed E-state index contributed by atoms with van der Waals surface area (Å²) in [5, 5.41) is 3.20. The van der Waals surface area contributed by atoms with Crippen molar-refractivity contribution in [2.24, 2.45) is 0 Å². The van der Waals surface area contributed by atoms with Crippen LogP contribution in [0.4, 0.5) is 10.5 Å². The second kappa shape index (κ2) is 7.01. The predicted molar refractivity (Wildman–Crippen MR) is 71.1 cm³/mol. The predicted octanol–water partition coefficient (Wildman–Crippen LogP) is 3.43. The summed E-state index contributed by atoms with van der Waals surface area (Å²) < 4.78 is 4.81. The number of Topliss-reactive ketones (excluding diaryl/α,β-unsaturated/α-hetero) is 1. The topological polar surface area (TPSA) is 55.4 Å². The average molecular weight is 270 g/mol. The number of hydrogen-bond donors (Lipinski definition) is 1. The van der Waals surface area contributed by atoms with E-state index in [9.17, 15) is 9.59 Å². The number of aryl methyl sites for hydroxylation is 1. The molecular weight excluding hydrogens is 254 g/mol. The van der Waals surface area contributed by atoms with Gasteiger partial charge in [-0.2, -0.15) is 0 Å². The van der Waals surface area contributed by atoms with Crippen LogP contribution in [0.5, 0.6) is 0 Å². The molecule has 0 aliphatic rings. The first kappa shape index (κ1) is 14.5. The van der Waals surface area contributed by atoms with Crippen LogP contribution >= 0.6 is 11.6 Å². The summed E-state index contributed by atoms with van der Waals surface area (Å²) in [7, 11) is 0. The summed E-state index contributed by atoms with van der Waals surface area (Å²) >= 11 is 5.90. The fourth-order valence-electron chi connectivity index (χ4n) is 1.48. The van der Waals surface area contributed by atoms with Crippen LogP contribution in [0.1, 0.15) is 25.8 Å². The first-order valence-electron chi connectivity index (χ1n) is 5.74. The molecule has 0 spiro atoms. The van der Waals surface area contributed by atoms with Gasteiger partial charge >= 0.3 is 6.09 Å². The largest absolute Gasteiger partial charge is 0.450 e. The Bertz CT molecular complexity index is 446. The molecule has 1 N–H and O–H groups in total. The molecule has 98 valence electrons. The van der Waals surface area contributed by atoms with Gasteiger partial charge in [-0.1, -0.05) is 11.6 Å². The van der Waals surface area contributed by atoms with Crippen molar-refractivity contribution in [3.05, 3.63) is 28.8 Å². The van der Waals surface area contributed by atoms with Crippen LogP contribution in [-0.4, -0.2) is 18.5 Å². The van der Waals surface area contributed by atoms with Crippen molar-refractivity contribution < 1.29 is 14.3 Å². The molecule has 0 radical (unpaired) electrons.